The van der Waals surface area contributed by atoms with Gasteiger partial charge in [0.2, 0.25) is 0 Å². The SMILES string of the molecule is Fc1c(-c2ccccc2)ccc(-c2cccc(S)c2)c1F. The van der Waals surface area contributed by atoms with Crippen molar-refractivity contribution < 1.29 is 8.78 Å². The van der Waals surface area contributed by atoms with E-state index in [0.717, 1.165) is 0 Å². The van der Waals surface area contributed by atoms with E-state index in [1.54, 1.807) is 60.7 Å². The van der Waals surface area contributed by atoms with Gasteiger partial charge in [0, 0.05) is 16.0 Å². The van der Waals surface area contributed by atoms with Crippen molar-refractivity contribution in [3.63, 3.8) is 0 Å². The highest BCUT2D eigenvalue weighted by atomic mass is 32.1. The number of hydrogen-bond donors (Lipinski definition) is 1. The third kappa shape index (κ3) is 2.69. The van der Waals surface area contributed by atoms with Gasteiger partial charge in [-0.25, -0.2) is 8.78 Å². The summed E-state index contributed by atoms with van der Waals surface area (Å²) >= 11 is 4.23. The Kier molecular flexibility index (Phi) is 3.76. The van der Waals surface area contributed by atoms with Crippen molar-refractivity contribution in [3.8, 4) is 22.3 Å². The van der Waals surface area contributed by atoms with E-state index in [1.807, 2.05) is 6.07 Å². The molecule has 0 N–H and O–H groups in total. The molecular weight excluding hydrogens is 286 g/mol. The molecular formula is C18H12F2S. The summed E-state index contributed by atoms with van der Waals surface area (Å²) in [7, 11) is 0. The molecule has 3 aromatic carbocycles. The van der Waals surface area contributed by atoms with Crippen molar-refractivity contribution in [2.24, 2.45) is 0 Å². The quantitative estimate of drug-likeness (QED) is 0.586. The number of rotatable bonds is 2. The average Bonchev–Trinajstić information content (AvgIpc) is 2.51. The zero-order chi connectivity index (χ0) is 14.8. The molecule has 3 heteroatoms. The summed E-state index contributed by atoms with van der Waals surface area (Å²) in [4.78, 5) is 0.708. The molecule has 0 nitrogen and oxygen atoms in total. The maximum Gasteiger partial charge on any atom is 0.167 e. The van der Waals surface area contributed by atoms with Crippen molar-refractivity contribution >= 4 is 12.6 Å². The summed E-state index contributed by atoms with van der Waals surface area (Å²) in [6.07, 6.45) is 0. The Morgan fingerprint density at radius 1 is 0.619 bits per heavy atom. The van der Waals surface area contributed by atoms with E-state index in [-0.39, 0.29) is 11.1 Å². The third-order valence-electron chi connectivity index (χ3n) is 3.32. The van der Waals surface area contributed by atoms with Gasteiger partial charge in [-0.2, -0.15) is 0 Å². The van der Waals surface area contributed by atoms with Crippen LogP contribution in [0.3, 0.4) is 0 Å². The van der Waals surface area contributed by atoms with E-state index >= 15 is 0 Å². The summed E-state index contributed by atoms with van der Waals surface area (Å²) in [6.45, 7) is 0. The monoisotopic (exact) mass is 298 g/mol. The number of thiol groups is 1. The number of benzene rings is 3. The van der Waals surface area contributed by atoms with Crippen LogP contribution in [0.2, 0.25) is 0 Å². The summed E-state index contributed by atoms with van der Waals surface area (Å²) in [5, 5.41) is 0. The van der Waals surface area contributed by atoms with Crippen LogP contribution in [0.5, 0.6) is 0 Å². The Balaban J connectivity index is 2.13. The van der Waals surface area contributed by atoms with Crippen LogP contribution < -0.4 is 0 Å². The molecule has 0 spiro atoms. The molecule has 0 aliphatic heterocycles. The van der Waals surface area contributed by atoms with Gasteiger partial charge < -0.3 is 0 Å². The lowest BCUT2D eigenvalue weighted by Crippen LogP contribution is -1.93. The molecule has 0 aliphatic carbocycles. The Morgan fingerprint density at radius 3 is 1.81 bits per heavy atom. The first-order valence-corrected chi connectivity index (χ1v) is 6.94. The van der Waals surface area contributed by atoms with Gasteiger partial charge in [0.05, 0.1) is 0 Å². The van der Waals surface area contributed by atoms with E-state index in [0.29, 0.717) is 16.0 Å². The first kappa shape index (κ1) is 13.8. The molecule has 0 bridgehead atoms. The lowest BCUT2D eigenvalue weighted by atomic mass is 9.99. The van der Waals surface area contributed by atoms with Gasteiger partial charge in [0.25, 0.3) is 0 Å². The molecule has 0 aliphatic rings. The van der Waals surface area contributed by atoms with Crippen LogP contribution >= 0.6 is 12.6 Å². The van der Waals surface area contributed by atoms with E-state index in [2.05, 4.69) is 12.6 Å². The van der Waals surface area contributed by atoms with Crippen LogP contribution in [0.1, 0.15) is 0 Å². The molecule has 0 radical (unpaired) electrons. The van der Waals surface area contributed by atoms with Crippen LogP contribution in [0.25, 0.3) is 22.3 Å². The Bertz CT molecular complexity index is 782. The average molecular weight is 298 g/mol. The smallest absolute Gasteiger partial charge is 0.167 e. The van der Waals surface area contributed by atoms with Crippen molar-refractivity contribution in [1.29, 1.82) is 0 Å². The molecule has 21 heavy (non-hydrogen) atoms. The van der Waals surface area contributed by atoms with Gasteiger partial charge in [-0.1, -0.05) is 54.6 Å². The molecule has 0 saturated heterocycles. The molecule has 3 aromatic rings. The Hall–Kier alpha value is -2.13. The normalized spacial score (nSPS) is 10.6. The summed E-state index contributed by atoms with van der Waals surface area (Å²) in [5.74, 6) is -1.67. The van der Waals surface area contributed by atoms with Crippen LogP contribution in [-0.2, 0) is 0 Å². The summed E-state index contributed by atoms with van der Waals surface area (Å²) in [5.41, 5.74) is 1.77. The zero-order valence-electron chi connectivity index (χ0n) is 11.1. The zero-order valence-corrected chi connectivity index (χ0v) is 11.9. The van der Waals surface area contributed by atoms with Crippen LogP contribution in [-0.4, -0.2) is 0 Å². The molecule has 104 valence electrons. The Labute approximate surface area is 127 Å². The lowest BCUT2D eigenvalue weighted by molar-refractivity contribution is 0.514. The lowest BCUT2D eigenvalue weighted by Gasteiger charge is -2.09. The predicted molar refractivity (Wildman–Crippen MR) is 84.5 cm³/mol. The minimum atomic E-state index is -0.838. The first-order chi connectivity index (χ1) is 10.2. The van der Waals surface area contributed by atoms with Gasteiger partial charge >= 0.3 is 0 Å². The van der Waals surface area contributed by atoms with Crippen LogP contribution in [0, 0.1) is 11.6 Å². The van der Waals surface area contributed by atoms with Gasteiger partial charge in [0.15, 0.2) is 11.6 Å². The molecule has 0 unspecified atom stereocenters. The highest BCUT2D eigenvalue weighted by Crippen LogP contribution is 2.31. The summed E-state index contributed by atoms with van der Waals surface area (Å²) < 4.78 is 28.7. The van der Waals surface area contributed by atoms with Crippen molar-refractivity contribution in [2.75, 3.05) is 0 Å². The second-order valence-corrected chi connectivity index (χ2v) is 5.22. The van der Waals surface area contributed by atoms with E-state index in [9.17, 15) is 8.78 Å². The van der Waals surface area contributed by atoms with Crippen molar-refractivity contribution in [2.45, 2.75) is 4.90 Å². The standard InChI is InChI=1S/C18H12F2S/c19-17-15(12-5-2-1-3-6-12)9-10-16(18(17)20)13-7-4-8-14(21)11-13/h1-11,21H. The molecule has 0 atom stereocenters. The fraction of sp³-hybridized carbons (Fsp3) is 0. The maximum atomic E-state index is 14.4. The van der Waals surface area contributed by atoms with Crippen LogP contribution in [0.15, 0.2) is 71.6 Å². The first-order valence-electron chi connectivity index (χ1n) is 6.49. The molecule has 3 rings (SSSR count). The topological polar surface area (TPSA) is 0 Å². The van der Waals surface area contributed by atoms with E-state index < -0.39 is 11.6 Å². The van der Waals surface area contributed by atoms with Gasteiger partial charge in [0.1, 0.15) is 0 Å². The fourth-order valence-electron chi connectivity index (χ4n) is 2.29. The van der Waals surface area contributed by atoms with Crippen LogP contribution in [0.4, 0.5) is 8.78 Å². The van der Waals surface area contributed by atoms with Gasteiger partial charge in [-0.15, -0.1) is 12.6 Å². The Morgan fingerprint density at radius 2 is 1.19 bits per heavy atom. The highest BCUT2D eigenvalue weighted by molar-refractivity contribution is 7.80. The molecule has 0 fully saturated rings. The molecule has 0 saturated carbocycles. The van der Waals surface area contributed by atoms with E-state index in [1.165, 1.54) is 0 Å². The van der Waals surface area contributed by atoms with Crippen molar-refractivity contribution in [1.82, 2.24) is 0 Å². The second-order valence-electron chi connectivity index (χ2n) is 4.71. The minimum absolute atomic E-state index is 0.239. The second kappa shape index (κ2) is 5.70. The molecule has 0 heterocycles. The number of halogens is 2. The van der Waals surface area contributed by atoms with E-state index in [4.69, 9.17) is 0 Å². The van der Waals surface area contributed by atoms with Crippen molar-refractivity contribution in [3.05, 3.63) is 78.4 Å². The molecule has 0 amide bonds. The highest BCUT2D eigenvalue weighted by Gasteiger charge is 2.15. The van der Waals surface area contributed by atoms with Gasteiger partial charge in [-0.05, 0) is 23.3 Å². The molecule has 0 aromatic heterocycles. The number of hydrogen-bond acceptors (Lipinski definition) is 1. The maximum absolute atomic E-state index is 14.4. The minimum Gasteiger partial charge on any atom is -0.203 e. The fourth-order valence-corrected chi connectivity index (χ4v) is 2.51. The largest absolute Gasteiger partial charge is 0.203 e. The summed E-state index contributed by atoms with van der Waals surface area (Å²) in [6, 6.07) is 19.2. The predicted octanol–water partition coefficient (Wildman–Crippen LogP) is 5.59. The third-order valence-corrected chi connectivity index (χ3v) is 3.60. The van der Waals surface area contributed by atoms with Gasteiger partial charge in [-0.3, -0.25) is 0 Å².